The zero-order chi connectivity index (χ0) is 28.0. The minimum atomic E-state index is -0.968. The highest BCUT2D eigenvalue weighted by Gasteiger charge is 2.42. The summed E-state index contributed by atoms with van der Waals surface area (Å²) in [5.41, 5.74) is 0.762. The molecular weight excluding hydrogens is 523 g/mol. The molecule has 0 saturated carbocycles. The Morgan fingerprint density at radius 2 is 1.77 bits per heavy atom. The lowest BCUT2D eigenvalue weighted by molar-refractivity contribution is -0.166. The van der Waals surface area contributed by atoms with Gasteiger partial charge in [-0.05, 0) is 62.0 Å². The molecule has 1 atom stereocenters. The Hall–Kier alpha value is -2.88. The summed E-state index contributed by atoms with van der Waals surface area (Å²) in [6.45, 7) is 6.53. The van der Waals surface area contributed by atoms with Gasteiger partial charge in [0.1, 0.15) is 23.8 Å². The third kappa shape index (κ3) is 7.84. The van der Waals surface area contributed by atoms with Gasteiger partial charge in [0.2, 0.25) is 11.8 Å². The Balaban J connectivity index is 1.43. The topological polar surface area (TPSA) is 65.6 Å². The number of aryl methyl sites for hydroxylation is 1. The zero-order valence-electron chi connectivity index (χ0n) is 23.0. The van der Waals surface area contributed by atoms with Crippen LogP contribution in [0.25, 0.3) is 0 Å². The van der Waals surface area contributed by atoms with Crippen LogP contribution in [-0.4, -0.2) is 105 Å². The molecule has 39 heavy (non-hydrogen) atoms. The van der Waals surface area contributed by atoms with E-state index in [2.05, 4.69) is 4.90 Å². The molecule has 4 rings (SSSR count). The number of likely N-dealkylation sites (N-methyl/N-ethyl adjacent to an activating group) is 1. The van der Waals surface area contributed by atoms with Crippen molar-refractivity contribution in [2.45, 2.75) is 25.4 Å². The highest BCUT2D eigenvalue weighted by atomic mass is 35.5. The van der Waals surface area contributed by atoms with E-state index in [0.717, 1.165) is 24.3 Å². The van der Waals surface area contributed by atoms with Crippen LogP contribution < -0.4 is 9.64 Å². The minimum absolute atomic E-state index is 0.00401. The monoisotopic (exact) mass is 560 g/mol. The largest absolute Gasteiger partial charge is 0.490 e. The third-order valence-corrected chi connectivity index (χ3v) is 7.91. The molecule has 0 bridgehead atoms. The van der Waals surface area contributed by atoms with Crippen LogP contribution in [0.3, 0.4) is 0 Å². The van der Waals surface area contributed by atoms with E-state index in [9.17, 15) is 14.0 Å². The maximum absolute atomic E-state index is 13.4. The Bertz CT molecular complexity index is 1140. The zero-order valence-corrected chi connectivity index (χ0v) is 23.8. The van der Waals surface area contributed by atoms with Crippen LogP contribution in [0.4, 0.5) is 10.1 Å². The van der Waals surface area contributed by atoms with Gasteiger partial charge in [-0.3, -0.25) is 9.59 Å². The molecule has 2 aromatic rings. The molecule has 0 aromatic heterocycles. The Morgan fingerprint density at radius 3 is 2.46 bits per heavy atom. The van der Waals surface area contributed by atoms with E-state index in [1.165, 1.54) is 12.1 Å². The number of amides is 2. The second-order valence-corrected chi connectivity index (χ2v) is 11.0. The summed E-state index contributed by atoms with van der Waals surface area (Å²) in [4.78, 5) is 34.4. The second-order valence-electron chi connectivity index (χ2n) is 10.6. The summed E-state index contributed by atoms with van der Waals surface area (Å²) in [6.07, 6.45) is 0.413. The van der Waals surface area contributed by atoms with Gasteiger partial charge < -0.3 is 29.1 Å². The number of benzene rings is 2. The molecule has 0 aliphatic carbocycles. The first kappa shape index (κ1) is 29.1. The fourth-order valence-electron chi connectivity index (χ4n) is 4.91. The molecule has 0 unspecified atom stereocenters. The standard InChI is InChI=1S/C29H38ClFN4O4/c1-22-18-25(8-9-26(22)30)38-21-29(19-28(37)34-14-12-32(2)13-15-34)20-35(16-17-39-29)27(36)10-11-33(3)24-6-4-23(31)5-7-24/h4-9,18H,10-17,19-21H2,1-3H3/t29-/m1/s1. The van der Waals surface area contributed by atoms with Crippen molar-refractivity contribution >= 4 is 29.1 Å². The molecule has 2 aliphatic rings. The fourth-order valence-corrected chi connectivity index (χ4v) is 5.03. The molecule has 2 amide bonds. The first-order valence-corrected chi connectivity index (χ1v) is 13.8. The van der Waals surface area contributed by atoms with Crippen LogP contribution in [0.5, 0.6) is 5.75 Å². The minimum Gasteiger partial charge on any atom is -0.490 e. The van der Waals surface area contributed by atoms with E-state index in [1.54, 1.807) is 29.2 Å². The van der Waals surface area contributed by atoms with E-state index >= 15 is 0 Å². The Kier molecular flexibility index (Phi) is 9.69. The summed E-state index contributed by atoms with van der Waals surface area (Å²) >= 11 is 6.18. The van der Waals surface area contributed by atoms with Crippen molar-refractivity contribution in [3.8, 4) is 5.75 Å². The number of anilines is 1. The van der Waals surface area contributed by atoms with Crippen LogP contribution in [0, 0.1) is 12.7 Å². The van der Waals surface area contributed by atoms with Crippen molar-refractivity contribution in [1.29, 1.82) is 0 Å². The summed E-state index contributed by atoms with van der Waals surface area (Å²) in [5, 5.41) is 0.651. The van der Waals surface area contributed by atoms with Crippen LogP contribution in [-0.2, 0) is 14.3 Å². The SMILES string of the molecule is Cc1cc(OC[C@@]2(CC(=O)N3CCN(C)CC3)CN(C(=O)CCN(C)c3ccc(F)cc3)CCO2)ccc1Cl. The number of ether oxygens (including phenoxy) is 2. The lowest BCUT2D eigenvalue weighted by Crippen LogP contribution is -2.59. The van der Waals surface area contributed by atoms with Crippen LogP contribution in [0.1, 0.15) is 18.4 Å². The molecule has 2 fully saturated rings. The van der Waals surface area contributed by atoms with Gasteiger partial charge in [0.05, 0.1) is 19.6 Å². The second kappa shape index (κ2) is 13.0. The predicted molar refractivity (Wildman–Crippen MR) is 150 cm³/mol. The van der Waals surface area contributed by atoms with Crippen molar-refractivity contribution in [3.05, 3.63) is 58.9 Å². The number of carbonyl (C=O) groups is 2. The molecule has 212 valence electrons. The quantitative estimate of drug-likeness (QED) is 0.468. The van der Waals surface area contributed by atoms with E-state index < -0.39 is 5.60 Å². The van der Waals surface area contributed by atoms with Crippen molar-refractivity contribution in [2.75, 3.05) is 78.0 Å². The number of halogens is 2. The van der Waals surface area contributed by atoms with E-state index in [4.69, 9.17) is 21.1 Å². The summed E-state index contributed by atoms with van der Waals surface area (Å²) in [6, 6.07) is 11.6. The van der Waals surface area contributed by atoms with E-state index in [0.29, 0.717) is 43.6 Å². The number of hydrogen-bond donors (Lipinski definition) is 0. The number of hydrogen-bond acceptors (Lipinski definition) is 6. The molecule has 2 aliphatic heterocycles. The summed E-state index contributed by atoms with van der Waals surface area (Å²) < 4.78 is 25.7. The smallest absolute Gasteiger partial charge is 0.225 e. The summed E-state index contributed by atoms with van der Waals surface area (Å²) in [5.74, 6) is 0.321. The first-order valence-electron chi connectivity index (χ1n) is 13.4. The Labute approximate surface area is 235 Å². The maximum atomic E-state index is 13.4. The lowest BCUT2D eigenvalue weighted by atomic mass is 9.96. The third-order valence-electron chi connectivity index (χ3n) is 7.49. The lowest BCUT2D eigenvalue weighted by Gasteiger charge is -2.43. The molecule has 8 nitrogen and oxygen atoms in total. The van der Waals surface area contributed by atoms with Crippen LogP contribution in [0.2, 0.25) is 5.02 Å². The molecule has 0 N–H and O–H groups in total. The van der Waals surface area contributed by atoms with Gasteiger partial charge in [0, 0.05) is 63.4 Å². The van der Waals surface area contributed by atoms with Crippen molar-refractivity contribution in [2.24, 2.45) is 0 Å². The molecule has 2 aromatic carbocycles. The van der Waals surface area contributed by atoms with Crippen molar-refractivity contribution in [1.82, 2.24) is 14.7 Å². The number of carbonyl (C=O) groups excluding carboxylic acids is 2. The van der Waals surface area contributed by atoms with Gasteiger partial charge in [0.25, 0.3) is 0 Å². The number of morpholine rings is 1. The molecule has 2 saturated heterocycles. The average molecular weight is 561 g/mol. The molecular formula is C29H38ClFN4O4. The number of nitrogens with zero attached hydrogens (tertiary/aromatic N) is 4. The average Bonchev–Trinajstić information content (AvgIpc) is 2.93. The predicted octanol–water partition coefficient (Wildman–Crippen LogP) is 3.45. The maximum Gasteiger partial charge on any atom is 0.225 e. The first-order chi connectivity index (χ1) is 18.6. The van der Waals surface area contributed by atoms with Gasteiger partial charge in [-0.1, -0.05) is 11.6 Å². The Morgan fingerprint density at radius 1 is 1.05 bits per heavy atom. The van der Waals surface area contributed by atoms with Gasteiger partial charge >= 0.3 is 0 Å². The molecule has 2 heterocycles. The normalized spacial score (nSPS) is 20.1. The van der Waals surface area contributed by atoms with E-state index in [-0.39, 0.29) is 43.6 Å². The van der Waals surface area contributed by atoms with Crippen LogP contribution in [0.15, 0.2) is 42.5 Å². The number of rotatable bonds is 9. The highest BCUT2D eigenvalue weighted by Crippen LogP contribution is 2.28. The molecule has 10 heteroatoms. The van der Waals surface area contributed by atoms with Gasteiger partial charge in [0.15, 0.2) is 0 Å². The van der Waals surface area contributed by atoms with Crippen molar-refractivity contribution in [3.63, 3.8) is 0 Å². The summed E-state index contributed by atoms with van der Waals surface area (Å²) in [7, 11) is 3.92. The van der Waals surface area contributed by atoms with Gasteiger partial charge in [-0.25, -0.2) is 4.39 Å². The molecule has 0 spiro atoms. The van der Waals surface area contributed by atoms with E-state index in [1.807, 2.05) is 36.9 Å². The van der Waals surface area contributed by atoms with Gasteiger partial charge in [-0.2, -0.15) is 0 Å². The van der Waals surface area contributed by atoms with Crippen LogP contribution >= 0.6 is 11.6 Å². The fraction of sp³-hybridized carbons (Fsp3) is 0.517. The number of piperazine rings is 1. The van der Waals surface area contributed by atoms with Crippen molar-refractivity contribution < 1.29 is 23.5 Å². The van der Waals surface area contributed by atoms with Gasteiger partial charge in [-0.15, -0.1) is 0 Å². The highest BCUT2D eigenvalue weighted by molar-refractivity contribution is 6.31. The molecule has 0 radical (unpaired) electrons.